The van der Waals surface area contributed by atoms with Crippen molar-refractivity contribution in [1.29, 1.82) is 0 Å². The highest BCUT2D eigenvalue weighted by atomic mass is 35.5. The van der Waals surface area contributed by atoms with Crippen molar-refractivity contribution in [3.63, 3.8) is 0 Å². The molecule has 0 spiro atoms. The van der Waals surface area contributed by atoms with Gasteiger partial charge in [0.05, 0.1) is 5.69 Å². The number of alkyl halides is 1. The molecule has 0 saturated heterocycles. The van der Waals surface area contributed by atoms with Crippen LogP contribution in [0.1, 0.15) is 22.9 Å². The molecule has 1 N–H and O–H groups in total. The maximum absolute atomic E-state index is 14.9. The largest absolute Gasteiger partial charge is 0.349 e. The summed E-state index contributed by atoms with van der Waals surface area (Å²) < 4.78 is 15.9. The van der Waals surface area contributed by atoms with Crippen molar-refractivity contribution in [2.45, 2.75) is 13.1 Å². The van der Waals surface area contributed by atoms with E-state index >= 15 is 0 Å². The average Bonchev–Trinajstić information content (AvgIpc) is 2.54. The van der Waals surface area contributed by atoms with Crippen LogP contribution >= 0.6 is 23.2 Å². The molecule has 8 heteroatoms. The maximum atomic E-state index is 14.9. The fraction of sp³-hybridized carbons (Fsp3) is 0.118. The van der Waals surface area contributed by atoms with Gasteiger partial charge in [0.15, 0.2) is 6.17 Å². The van der Waals surface area contributed by atoms with E-state index in [0.717, 1.165) is 10.9 Å². The van der Waals surface area contributed by atoms with Crippen molar-refractivity contribution < 1.29 is 4.39 Å². The van der Waals surface area contributed by atoms with Crippen molar-refractivity contribution in [1.82, 2.24) is 14.8 Å². The molecule has 0 fully saturated rings. The van der Waals surface area contributed by atoms with E-state index < -0.39 is 17.4 Å². The molecule has 128 valence electrons. The molecular formula is C17H12Cl2FN3O2. The second kappa shape index (κ2) is 6.82. The van der Waals surface area contributed by atoms with Gasteiger partial charge in [-0.25, -0.2) is 9.18 Å². The Hall–Kier alpha value is -2.44. The summed E-state index contributed by atoms with van der Waals surface area (Å²) in [7, 11) is 0. The van der Waals surface area contributed by atoms with Gasteiger partial charge in [0.2, 0.25) is 0 Å². The monoisotopic (exact) mass is 379 g/mol. The van der Waals surface area contributed by atoms with E-state index in [1.165, 1.54) is 6.07 Å². The first-order valence-electron chi connectivity index (χ1n) is 7.25. The third-order valence-corrected chi connectivity index (χ3v) is 4.26. The first kappa shape index (κ1) is 17.4. The van der Waals surface area contributed by atoms with Crippen molar-refractivity contribution in [3.8, 4) is 5.69 Å². The molecule has 0 aliphatic heterocycles. The van der Waals surface area contributed by atoms with E-state index in [2.05, 4.69) is 10.1 Å². The molecule has 0 amide bonds. The van der Waals surface area contributed by atoms with Crippen LogP contribution in [0.3, 0.4) is 0 Å². The smallest absolute Gasteiger partial charge is 0.271 e. The van der Waals surface area contributed by atoms with Crippen LogP contribution in [-0.2, 0) is 0 Å². The van der Waals surface area contributed by atoms with Gasteiger partial charge in [0.1, 0.15) is 6.20 Å². The van der Waals surface area contributed by atoms with E-state index in [1.807, 2.05) is 0 Å². The van der Waals surface area contributed by atoms with Gasteiger partial charge in [-0.15, -0.1) is 0 Å². The van der Waals surface area contributed by atoms with E-state index in [4.69, 9.17) is 23.2 Å². The highest BCUT2D eigenvalue weighted by Crippen LogP contribution is 2.35. The number of rotatable bonds is 3. The molecule has 0 aliphatic rings. The lowest BCUT2D eigenvalue weighted by molar-refractivity contribution is 0.400. The SMILES string of the molecule is Cc1cc(-n2ncc(=O)[nH]c2=O)cc(Cl)c1C(F)c1ccc(Cl)cc1. The topological polar surface area (TPSA) is 67.8 Å². The molecule has 5 nitrogen and oxygen atoms in total. The van der Waals surface area contributed by atoms with Crippen molar-refractivity contribution in [2.75, 3.05) is 0 Å². The number of H-pyrrole nitrogens is 1. The molecule has 2 aromatic carbocycles. The minimum Gasteiger partial charge on any atom is -0.271 e. The van der Waals surface area contributed by atoms with Crippen LogP contribution < -0.4 is 11.2 Å². The zero-order valence-corrected chi connectivity index (χ0v) is 14.5. The molecule has 1 aromatic heterocycles. The molecule has 0 saturated carbocycles. The predicted octanol–water partition coefficient (Wildman–Crippen LogP) is 3.59. The van der Waals surface area contributed by atoms with Gasteiger partial charge in [-0.05, 0) is 42.3 Å². The molecule has 1 unspecified atom stereocenters. The highest BCUT2D eigenvalue weighted by Gasteiger charge is 2.20. The Bertz CT molecular complexity index is 1020. The van der Waals surface area contributed by atoms with Crippen molar-refractivity contribution in [3.05, 3.63) is 90.2 Å². The summed E-state index contributed by atoms with van der Waals surface area (Å²) in [5, 5.41) is 4.43. The van der Waals surface area contributed by atoms with Crippen LogP contribution in [0, 0.1) is 6.92 Å². The van der Waals surface area contributed by atoms with Crippen LogP contribution in [-0.4, -0.2) is 14.8 Å². The number of aromatic nitrogens is 3. The minimum atomic E-state index is -1.45. The molecule has 1 atom stereocenters. The zero-order valence-electron chi connectivity index (χ0n) is 13.0. The Labute approximate surface area is 151 Å². The number of benzene rings is 2. The van der Waals surface area contributed by atoms with E-state index in [1.54, 1.807) is 37.3 Å². The normalized spacial score (nSPS) is 12.2. The average molecular weight is 380 g/mol. The summed E-state index contributed by atoms with van der Waals surface area (Å²) >= 11 is 12.1. The standard InChI is InChI=1S/C17H12Cl2FN3O2/c1-9-6-12(23-17(25)22-14(24)8-21-23)7-13(19)15(9)16(20)10-2-4-11(18)5-3-10/h2-8,16H,1H3,(H,22,24,25). The van der Waals surface area contributed by atoms with E-state index in [-0.39, 0.29) is 5.02 Å². The van der Waals surface area contributed by atoms with Crippen LogP contribution in [0.2, 0.25) is 10.0 Å². The molecule has 1 heterocycles. The lowest BCUT2D eigenvalue weighted by atomic mass is 9.98. The summed E-state index contributed by atoms with van der Waals surface area (Å²) in [6.07, 6.45) is -0.469. The van der Waals surface area contributed by atoms with Crippen LogP contribution in [0.5, 0.6) is 0 Å². The maximum Gasteiger partial charge on any atom is 0.349 e. The second-order valence-corrected chi connectivity index (χ2v) is 6.27. The molecule has 0 aliphatic carbocycles. The van der Waals surface area contributed by atoms with Gasteiger partial charge in [-0.1, -0.05) is 35.3 Å². The van der Waals surface area contributed by atoms with Gasteiger partial charge >= 0.3 is 5.69 Å². The summed E-state index contributed by atoms with van der Waals surface area (Å²) in [6.45, 7) is 1.68. The summed E-state index contributed by atoms with van der Waals surface area (Å²) in [4.78, 5) is 25.1. The Balaban J connectivity index is 2.07. The van der Waals surface area contributed by atoms with E-state index in [9.17, 15) is 14.0 Å². The van der Waals surface area contributed by atoms with Gasteiger partial charge in [0, 0.05) is 15.6 Å². The fourth-order valence-corrected chi connectivity index (χ4v) is 3.00. The van der Waals surface area contributed by atoms with Crippen molar-refractivity contribution in [2.24, 2.45) is 0 Å². The van der Waals surface area contributed by atoms with Crippen molar-refractivity contribution >= 4 is 23.2 Å². The lowest BCUT2D eigenvalue weighted by Crippen LogP contribution is -2.30. The number of aromatic amines is 1. The summed E-state index contributed by atoms with van der Waals surface area (Å²) in [5.74, 6) is 0. The minimum absolute atomic E-state index is 0.150. The summed E-state index contributed by atoms with van der Waals surface area (Å²) in [6, 6.07) is 9.39. The number of hydrogen-bond acceptors (Lipinski definition) is 3. The Kier molecular flexibility index (Phi) is 4.74. The number of halogens is 3. The molecule has 0 bridgehead atoms. The molecule has 0 radical (unpaired) electrons. The first-order valence-corrected chi connectivity index (χ1v) is 8.01. The predicted molar refractivity (Wildman–Crippen MR) is 94.6 cm³/mol. The third-order valence-electron chi connectivity index (χ3n) is 3.69. The Morgan fingerprint density at radius 2 is 1.84 bits per heavy atom. The van der Waals surface area contributed by atoms with E-state index in [0.29, 0.717) is 27.4 Å². The molecule has 3 aromatic rings. The number of nitrogens with one attached hydrogen (secondary N) is 1. The fourth-order valence-electron chi connectivity index (χ4n) is 2.52. The number of hydrogen-bond donors (Lipinski definition) is 1. The van der Waals surface area contributed by atoms with Crippen LogP contribution in [0.4, 0.5) is 4.39 Å². The number of aryl methyl sites for hydroxylation is 1. The summed E-state index contributed by atoms with van der Waals surface area (Å²) in [5.41, 5.74) is 0.282. The molecular weight excluding hydrogens is 368 g/mol. The van der Waals surface area contributed by atoms with Gasteiger partial charge in [-0.2, -0.15) is 9.78 Å². The second-order valence-electron chi connectivity index (χ2n) is 5.42. The van der Waals surface area contributed by atoms with Crippen LogP contribution in [0.15, 0.2) is 52.2 Å². The Morgan fingerprint density at radius 1 is 1.16 bits per heavy atom. The van der Waals surface area contributed by atoms with Gasteiger partial charge < -0.3 is 0 Å². The van der Waals surface area contributed by atoms with Gasteiger partial charge in [-0.3, -0.25) is 9.78 Å². The quantitative estimate of drug-likeness (QED) is 0.755. The first-order chi connectivity index (χ1) is 11.9. The van der Waals surface area contributed by atoms with Crippen LogP contribution in [0.25, 0.3) is 5.69 Å². The number of nitrogens with zero attached hydrogens (tertiary/aromatic N) is 2. The lowest BCUT2D eigenvalue weighted by Gasteiger charge is -2.16. The highest BCUT2D eigenvalue weighted by molar-refractivity contribution is 6.31. The van der Waals surface area contributed by atoms with Gasteiger partial charge in [0.25, 0.3) is 5.56 Å². The molecule has 25 heavy (non-hydrogen) atoms. The third kappa shape index (κ3) is 3.50. The Morgan fingerprint density at radius 3 is 2.44 bits per heavy atom. The molecule has 3 rings (SSSR count). The zero-order chi connectivity index (χ0) is 18.1.